The molecule has 1 aliphatic carbocycles. The second-order valence-corrected chi connectivity index (χ2v) is 22.9. The fourth-order valence-electron chi connectivity index (χ4n) is 11.3. The third-order valence-corrected chi connectivity index (χ3v) is 15.8. The molecular formula is C57H53BN2S. The van der Waals surface area contributed by atoms with Crippen molar-refractivity contribution >= 4 is 82.5 Å². The zero-order valence-electron chi connectivity index (χ0n) is 37.4. The van der Waals surface area contributed by atoms with Crippen molar-refractivity contribution in [2.45, 2.75) is 97.8 Å². The Balaban J connectivity index is 1.33. The van der Waals surface area contributed by atoms with E-state index >= 15 is 0 Å². The van der Waals surface area contributed by atoms with Crippen LogP contribution in [0.4, 0.5) is 11.4 Å². The van der Waals surface area contributed by atoms with Gasteiger partial charge in [-0.05, 0) is 120 Å². The van der Waals surface area contributed by atoms with Crippen molar-refractivity contribution in [1.82, 2.24) is 4.57 Å². The maximum absolute atomic E-state index is 2.74. The van der Waals surface area contributed by atoms with Gasteiger partial charge in [0.1, 0.15) is 0 Å². The quantitative estimate of drug-likeness (QED) is 0.150. The lowest BCUT2D eigenvalue weighted by molar-refractivity contribution is 0.590. The molecule has 0 fully saturated rings. The van der Waals surface area contributed by atoms with Crippen molar-refractivity contribution in [2.24, 2.45) is 0 Å². The summed E-state index contributed by atoms with van der Waals surface area (Å²) in [5.41, 5.74) is 21.5. The van der Waals surface area contributed by atoms with Crippen LogP contribution in [0.25, 0.3) is 69.9 Å². The molecule has 0 atom stereocenters. The average Bonchev–Trinajstić information content (AvgIpc) is 3.84. The first-order valence-electron chi connectivity index (χ1n) is 22.2. The van der Waals surface area contributed by atoms with Crippen LogP contribution >= 0.6 is 11.3 Å². The molecule has 61 heavy (non-hydrogen) atoms. The van der Waals surface area contributed by atoms with Gasteiger partial charge in [0.05, 0.1) is 11.0 Å². The van der Waals surface area contributed by atoms with Crippen LogP contribution in [-0.2, 0) is 21.7 Å². The third kappa shape index (κ3) is 4.92. The fourth-order valence-corrected chi connectivity index (χ4v) is 12.6. The van der Waals surface area contributed by atoms with Gasteiger partial charge in [-0.25, -0.2) is 0 Å². The number of fused-ring (bicyclic) bond motifs is 16. The molecule has 0 amide bonds. The molecule has 0 spiro atoms. The Morgan fingerprint density at radius 2 is 1.20 bits per heavy atom. The molecule has 2 aliphatic heterocycles. The number of anilines is 2. The van der Waals surface area contributed by atoms with Crippen LogP contribution in [0.3, 0.4) is 0 Å². The van der Waals surface area contributed by atoms with Gasteiger partial charge in [0.15, 0.2) is 0 Å². The van der Waals surface area contributed by atoms with Crippen LogP contribution in [-0.4, -0.2) is 11.4 Å². The van der Waals surface area contributed by atoms with Crippen LogP contribution in [0.5, 0.6) is 0 Å². The SMILES string of the molecule is CC(C)(C)c1ccc(N2B3c4cc(C(C)(C)C)ccc4-n4c5ccc(C(C)(C)C)cc5c5c6sc7ccccc7c6c(c3c54)-c3cc4c(cc32)-c2ccccc2C4(C)C)cc1. The van der Waals surface area contributed by atoms with Gasteiger partial charge in [0, 0.05) is 59.0 Å². The topological polar surface area (TPSA) is 8.17 Å². The normalized spacial score (nSPS) is 15.2. The summed E-state index contributed by atoms with van der Waals surface area (Å²) in [6.45, 7) is 25.9. The molecule has 0 bridgehead atoms. The molecule has 0 radical (unpaired) electrons. The van der Waals surface area contributed by atoms with E-state index in [2.05, 4.69) is 207 Å². The molecule has 9 aromatic rings. The van der Waals surface area contributed by atoms with Crippen LogP contribution < -0.4 is 15.7 Å². The number of rotatable bonds is 1. The Bertz CT molecular complexity index is 3390. The van der Waals surface area contributed by atoms with Gasteiger partial charge in [0.2, 0.25) is 0 Å². The molecule has 0 unspecified atom stereocenters. The first kappa shape index (κ1) is 37.2. The molecule has 7 aromatic carbocycles. The van der Waals surface area contributed by atoms with E-state index in [1.165, 1.54) is 120 Å². The smallest absolute Gasteiger partial charge is 0.333 e. The van der Waals surface area contributed by atoms with Gasteiger partial charge in [-0.1, -0.05) is 149 Å². The van der Waals surface area contributed by atoms with Crippen molar-refractivity contribution < 1.29 is 0 Å². The van der Waals surface area contributed by atoms with Crippen molar-refractivity contribution in [3.8, 4) is 27.9 Å². The molecule has 2 nitrogen and oxygen atoms in total. The monoisotopic (exact) mass is 808 g/mol. The summed E-state index contributed by atoms with van der Waals surface area (Å²) in [6.07, 6.45) is 0. The summed E-state index contributed by atoms with van der Waals surface area (Å²) in [5, 5.41) is 5.51. The molecule has 4 heterocycles. The molecule has 0 saturated heterocycles. The first-order chi connectivity index (χ1) is 28.9. The number of aromatic nitrogens is 1. The molecular weight excluding hydrogens is 756 g/mol. The Morgan fingerprint density at radius 1 is 0.541 bits per heavy atom. The zero-order chi connectivity index (χ0) is 42.3. The zero-order valence-corrected chi connectivity index (χ0v) is 38.2. The van der Waals surface area contributed by atoms with E-state index in [1.54, 1.807) is 0 Å². The lowest BCUT2D eigenvalue weighted by atomic mass is 9.43. The predicted octanol–water partition coefficient (Wildman–Crippen LogP) is 14.6. The van der Waals surface area contributed by atoms with E-state index in [-0.39, 0.29) is 28.5 Å². The maximum Gasteiger partial charge on any atom is 0.333 e. The molecule has 4 heteroatoms. The van der Waals surface area contributed by atoms with E-state index < -0.39 is 0 Å². The molecule has 0 saturated carbocycles. The van der Waals surface area contributed by atoms with Gasteiger partial charge < -0.3 is 9.38 Å². The molecule has 3 aliphatic rings. The van der Waals surface area contributed by atoms with E-state index in [4.69, 9.17) is 0 Å². The van der Waals surface area contributed by atoms with Crippen molar-refractivity contribution in [2.75, 3.05) is 4.81 Å². The van der Waals surface area contributed by atoms with Gasteiger partial charge in [-0.15, -0.1) is 11.3 Å². The molecule has 0 N–H and O–H groups in total. The van der Waals surface area contributed by atoms with E-state index in [0.717, 1.165) is 0 Å². The van der Waals surface area contributed by atoms with E-state index in [9.17, 15) is 0 Å². The van der Waals surface area contributed by atoms with Gasteiger partial charge in [0.25, 0.3) is 0 Å². The average molecular weight is 809 g/mol. The minimum atomic E-state index is -0.138. The Morgan fingerprint density at radius 3 is 1.93 bits per heavy atom. The summed E-state index contributed by atoms with van der Waals surface area (Å²) in [6, 6.07) is 47.8. The first-order valence-corrected chi connectivity index (χ1v) is 23.0. The summed E-state index contributed by atoms with van der Waals surface area (Å²) >= 11 is 1.98. The van der Waals surface area contributed by atoms with Crippen molar-refractivity contribution in [1.29, 1.82) is 0 Å². The Labute approximate surface area is 365 Å². The second-order valence-electron chi connectivity index (χ2n) is 21.8. The lowest BCUT2D eigenvalue weighted by Gasteiger charge is -2.43. The van der Waals surface area contributed by atoms with Gasteiger partial charge in [-0.2, -0.15) is 0 Å². The highest BCUT2D eigenvalue weighted by atomic mass is 32.1. The van der Waals surface area contributed by atoms with E-state index in [1.807, 2.05) is 11.3 Å². The highest BCUT2D eigenvalue weighted by Gasteiger charge is 2.47. The van der Waals surface area contributed by atoms with Crippen LogP contribution in [0, 0.1) is 0 Å². The molecule has 2 aromatic heterocycles. The van der Waals surface area contributed by atoms with Crippen LogP contribution in [0.15, 0.2) is 121 Å². The number of hydrogen-bond donors (Lipinski definition) is 0. The highest BCUT2D eigenvalue weighted by Crippen LogP contribution is 2.57. The highest BCUT2D eigenvalue weighted by molar-refractivity contribution is 7.27. The van der Waals surface area contributed by atoms with Crippen LogP contribution in [0.1, 0.15) is 104 Å². The summed E-state index contributed by atoms with van der Waals surface area (Å²) < 4.78 is 5.41. The Hall–Kier alpha value is -5.58. The molecule has 300 valence electrons. The number of benzene rings is 7. The predicted molar refractivity (Wildman–Crippen MR) is 266 cm³/mol. The number of hydrogen-bond acceptors (Lipinski definition) is 2. The summed E-state index contributed by atoms with van der Waals surface area (Å²) in [5.74, 6) is 0. The van der Waals surface area contributed by atoms with Crippen LogP contribution in [0.2, 0.25) is 0 Å². The standard InChI is InChI=1S/C57H53BN2S/c1-54(2,3)32-20-24-35(25-21-32)60-46-31-38-36-16-12-14-18-41(36)57(10,11)42(38)30-40(46)48-49-37-17-13-15-19-47(37)61-53(49)50-39-28-33(55(4,5)6)22-26-44(39)59-45-27-23-34(56(7,8)9)29-43(45)58(60)51(48)52(50)59/h12-31H,1-11H3. The minimum Gasteiger partial charge on any atom is -0.376 e. The van der Waals surface area contributed by atoms with E-state index in [0.29, 0.717) is 0 Å². The minimum absolute atomic E-state index is 0.0120. The third-order valence-electron chi connectivity index (χ3n) is 14.6. The van der Waals surface area contributed by atoms with Gasteiger partial charge >= 0.3 is 6.85 Å². The summed E-state index contributed by atoms with van der Waals surface area (Å²) in [7, 11) is 0. The largest absolute Gasteiger partial charge is 0.376 e. The lowest BCUT2D eigenvalue weighted by Crippen LogP contribution is -2.60. The maximum atomic E-state index is 2.74. The summed E-state index contributed by atoms with van der Waals surface area (Å²) in [4.78, 5) is 2.74. The van der Waals surface area contributed by atoms with Crippen molar-refractivity contribution in [3.63, 3.8) is 0 Å². The number of thiophene rings is 1. The van der Waals surface area contributed by atoms with Gasteiger partial charge in [-0.3, -0.25) is 0 Å². The number of nitrogens with zero attached hydrogens (tertiary/aromatic N) is 2. The molecule has 12 rings (SSSR count). The fraction of sp³-hybridized carbons (Fsp3) is 0.263. The van der Waals surface area contributed by atoms with Crippen molar-refractivity contribution in [3.05, 3.63) is 149 Å². The Kier molecular flexibility index (Phi) is 7.24. The second kappa shape index (κ2) is 11.9.